The Labute approximate surface area is 67.8 Å². The lowest BCUT2D eigenvalue weighted by Gasteiger charge is -2.18. The number of nitro groups is 1. The molecule has 0 amide bonds. The summed E-state index contributed by atoms with van der Waals surface area (Å²) in [6.45, 7) is 0. The Kier molecular flexibility index (Phi) is 2.11. The molecule has 0 aliphatic carbocycles. The number of nitrogens with zero attached hydrogens (tertiary/aromatic N) is 2. The molecule has 0 aromatic rings. The summed E-state index contributed by atoms with van der Waals surface area (Å²) in [6.07, 6.45) is 3.94. The number of alkyl halides is 1. The normalized spacial score (nSPS) is 23.3. The van der Waals surface area contributed by atoms with Gasteiger partial charge in [-0.05, 0) is 6.08 Å². The van der Waals surface area contributed by atoms with Crippen LogP contribution in [0.15, 0.2) is 24.0 Å². The minimum atomic E-state index is -0.529. The second kappa shape index (κ2) is 2.89. The Morgan fingerprint density at radius 3 is 2.91 bits per heavy atom. The molecule has 6 heteroatoms. The molecule has 1 aliphatic heterocycles. The first kappa shape index (κ1) is 8.03. The van der Waals surface area contributed by atoms with Gasteiger partial charge in [-0.25, -0.2) is 5.84 Å². The molecule has 60 valence electrons. The van der Waals surface area contributed by atoms with E-state index in [0.717, 1.165) is 5.01 Å². The van der Waals surface area contributed by atoms with E-state index in [4.69, 9.17) is 17.4 Å². The van der Waals surface area contributed by atoms with Crippen LogP contribution in [0.25, 0.3) is 0 Å². The summed E-state index contributed by atoms with van der Waals surface area (Å²) in [4.78, 5) is 9.64. The van der Waals surface area contributed by atoms with Crippen LogP contribution in [0.2, 0.25) is 0 Å². The van der Waals surface area contributed by atoms with Crippen molar-refractivity contribution in [1.29, 1.82) is 0 Å². The molecular formula is C5H6ClN3O2. The first-order valence-corrected chi connectivity index (χ1v) is 3.26. The van der Waals surface area contributed by atoms with E-state index in [9.17, 15) is 10.1 Å². The van der Waals surface area contributed by atoms with E-state index in [2.05, 4.69) is 0 Å². The summed E-state index contributed by atoms with van der Waals surface area (Å²) in [5.41, 5.74) is -0.567. The highest BCUT2D eigenvalue weighted by Crippen LogP contribution is 2.12. The van der Waals surface area contributed by atoms with Gasteiger partial charge in [-0.1, -0.05) is 11.6 Å². The Morgan fingerprint density at radius 1 is 1.82 bits per heavy atom. The third-order valence-electron chi connectivity index (χ3n) is 1.20. The maximum atomic E-state index is 10.2. The van der Waals surface area contributed by atoms with Crippen molar-refractivity contribution in [3.63, 3.8) is 0 Å². The lowest BCUT2D eigenvalue weighted by Crippen LogP contribution is -2.34. The largest absolute Gasteiger partial charge is 0.290 e. The van der Waals surface area contributed by atoms with Gasteiger partial charge in [0.25, 0.3) is 5.70 Å². The Balaban J connectivity index is 2.80. The molecule has 1 unspecified atom stereocenters. The predicted octanol–water partition coefficient (Wildman–Crippen LogP) is 0.415. The molecule has 0 saturated heterocycles. The van der Waals surface area contributed by atoms with Gasteiger partial charge in [0.2, 0.25) is 0 Å². The zero-order chi connectivity index (χ0) is 8.43. The van der Waals surface area contributed by atoms with Crippen molar-refractivity contribution in [1.82, 2.24) is 5.01 Å². The van der Waals surface area contributed by atoms with Crippen LogP contribution in [0.4, 0.5) is 0 Å². The van der Waals surface area contributed by atoms with Crippen LogP contribution in [0.5, 0.6) is 0 Å². The van der Waals surface area contributed by atoms with Crippen LogP contribution in [-0.2, 0) is 0 Å². The average Bonchev–Trinajstić information content (AvgIpc) is 1.94. The molecule has 0 radical (unpaired) electrons. The van der Waals surface area contributed by atoms with Crippen molar-refractivity contribution in [2.45, 2.75) is 5.50 Å². The molecular weight excluding hydrogens is 170 g/mol. The van der Waals surface area contributed by atoms with Gasteiger partial charge in [0.1, 0.15) is 5.50 Å². The standard InChI is InChI=1S/C5H6ClN3O2/c6-5-2-1-4(9(10)11)3-8(5)7/h1-3,5H,7H2. The SMILES string of the molecule is NN1C=C([N+](=O)[O-])C=CC1Cl. The van der Waals surface area contributed by atoms with Crippen molar-refractivity contribution in [3.05, 3.63) is 34.2 Å². The van der Waals surface area contributed by atoms with Crippen molar-refractivity contribution < 1.29 is 4.92 Å². The molecule has 0 aromatic carbocycles. The van der Waals surface area contributed by atoms with Crippen LogP contribution < -0.4 is 5.84 Å². The number of nitrogens with two attached hydrogens (primary N) is 1. The van der Waals surface area contributed by atoms with Gasteiger partial charge in [0.05, 0.1) is 11.1 Å². The van der Waals surface area contributed by atoms with E-state index in [1.807, 2.05) is 0 Å². The van der Waals surface area contributed by atoms with Gasteiger partial charge in [0.15, 0.2) is 0 Å². The molecule has 0 aromatic heterocycles. The fraction of sp³-hybridized carbons (Fsp3) is 0.200. The van der Waals surface area contributed by atoms with E-state index in [1.165, 1.54) is 18.4 Å². The van der Waals surface area contributed by atoms with E-state index in [0.29, 0.717) is 0 Å². The van der Waals surface area contributed by atoms with E-state index < -0.39 is 10.4 Å². The molecule has 1 heterocycles. The molecule has 1 rings (SSSR count). The number of hydrazine groups is 1. The summed E-state index contributed by atoms with van der Waals surface area (Å²) in [6, 6.07) is 0. The quantitative estimate of drug-likeness (QED) is 0.206. The van der Waals surface area contributed by atoms with E-state index in [-0.39, 0.29) is 5.70 Å². The van der Waals surface area contributed by atoms with E-state index >= 15 is 0 Å². The number of hydrogen-bond acceptors (Lipinski definition) is 4. The van der Waals surface area contributed by atoms with E-state index in [1.54, 1.807) is 0 Å². The van der Waals surface area contributed by atoms with Gasteiger partial charge in [0, 0.05) is 6.08 Å². The van der Waals surface area contributed by atoms with Crippen molar-refractivity contribution in [3.8, 4) is 0 Å². The first-order valence-electron chi connectivity index (χ1n) is 2.83. The second-order valence-electron chi connectivity index (χ2n) is 1.99. The highest BCUT2D eigenvalue weighted by atomic mass is 35.5. The summed E-state index contributed by atoms with van der Waals surface area (Å²) < 4.78 is 0. The topological polar surface area (TPSA) is 72.4 Å². The molecule has 0 fully saturated rings. The van der Waals surface area contributed by atoms with Crippen molar-refractivity contribution in [2.75, 3.05) is 0 Å². The number of allylic oxidation sites excluding steroid dienone is 1. The lowest BCUT2D eigenvalue weighted by molar-refractivity contribution is -0.420. The Morgan fingerprint density at radius 2 is 2.45 bits per heavy atom. The fourth-order valence-corrected chi connectivity index (χ4v) is 0.781. The number of hydrogen-bond donors (Lipinski definition) is 1. The minimum absolute atomic E-state index is 0.0654. The summed E-state index contributed by atoms with van der Waals surface area (Å²) >= 11 is 5.58. The third kappa shape index (κ3) is 1.69. The highest BCUT2D eigenvalue weighted by Gasteiger charge is 2.17. The fourth-order valence-electron chi connectivity index (χ4n) is 0.652. The molecule has 2 N–H and O–H groups in total. The van der Waals surface area contributed by atoms with Crippen LogP contribution in [0.1, 0.15) is 0 Å². The molecule has 1 atom stereocenters. The third-order valence-corrected chi connectivity index (χ3v) is 1.57. The maximum Gasteiger partial charge on any atom is 0.286 e. The van der Waals surface area contributed by atoms with Gasteiger partial charge in [-0.15, -0.1) is 0 Å². The van der Waals surface area contributed by atoms with Crippen molar-refractivity contribution in [2.24, 2.45) is 5.84 Å². The summed E-state index contributed by atoms with van der Waals surface area (Å²) in [5.74, 6) is 5.28. The zero-order valence-corrected chi connectivity index (χ0v) is 6.23. The molecule has 0 spiro atoms. The van der Waals surface area contributed by atoms with Crippen LogP contribution in [-0.4, -0.2) is 15.4 Å². The smallest absolute Gasteiger partial charge is 0.286 e. The van der Waals surface area contributed by atoms with Crippen LogP contribution in [0, 0.1) is 10.1 Å². The van der Waals surface area contributed by atoms with Crippen molar-refractivity contribution >= 4 is 11.6 Å². The zero-order valence-electron chi connectivity index (χ0n) is 5.48. The van der Waals surface area contributed by atoms with Crippen LogP contribution in [0.3, 0.4) is 0 Å². The molecule has 0 saturated carbocycles. The van der Waals surface area contributed by atoms with Gasteiger partial charge in [-0.2, -0.15) is 0 Å². The summed E-state index contributed by atoms with van der Waals surface area (Å²) in [5, 5.41) is 11.2. The van der Waals surface area contributed by atoms with Gasteiger partial charge < -0.3 is 0 Å². The lowest BCUT2D eigenvalue weighted by atomic mass is 10.3. The molecule has 1 aliphatic rings. The second-order valence-corrected chi connectivity index (χ2v) is 2.44. The molecule has 0 bridgehead atoms. The molecule has 5 nitrogen and oxygen atoms in total. The first-order chi connectivity index (χ1) is 5.11. The maximum absolute atomic E-state index is 10.2. The highest BCUT2D eigenvalue weighted by molar-refractivity contribution is 6.21. The number of halogens is 1. The van der Waals surface area contributed by atoms with Gasteiger partial charge >= 0.3 is 0 Å². The average molecular weight is 176 g/mol. The summed E-state index contributed by atoms with van der Waals surface area (Å²) in [7, 11) is 0. The minimum Gasteiger partial charge on any atom is -0.290 e. The monoisotopic (exact) mass is 175 g/mol. The molecule has 11 heavy (non-hydrogen) atoms. The Bertz CT molecular complexity index is 238. The van der Waals surface area contributed by atoms with Crippen LogP contribution >= 0.6 is 11.6 Å². The number of rotatable bonds is 1. The predicted molar refractivity (Wildman–Crippen MR) is 39.9 cm³/mol. The Hall–Kier alpha value is -1.07. The van der Waals surface area contributed by atoms with Gasteiger partial charge in [-0.3, -0.25) is 15.1 Å².